The van der Waals surface area contributed by atoms with Crippen molar-refractivity contribution >= 4 is 0 Å². The molecule has 0 saturated carbocycles. The van der Waals surface area contributed by atoms with Gasteiger partial charge in [-0.25, -0.2) is 4.39 Å². The minimum absolute atomic E-state index is 0.135. The third kappa shape index (κ3) is 1.23. The Balaban J connectivity index is 2.47. The van der Waals surface area contributed by atoms with E-state index >= 15 is 0 Å². The van der Waals surface area contributed by atoms with Crippen LogP contribution in [0.3, 0.4) is 0 Å². The number of hydrogen-bond acceptors (Lipinski definition) is 1. The molecular formula is C10H12FN. The first-order chi connectivity index (χ1) is 5.77. The SMILES string of the molecule is C[C@H]1NCCc2ccc(F)cc21. The van der Waals surface area contributed by atoms with Crippen LogP contribution in [0, 0.1) is 5.82 Å². The molecule has 64 valence electrons. The summed E-state index contributed by atoms with van der Waals surface area (Å²) in [5.41, 5.74) is 2.39. The van der Waals surface area contributed by atoms with Gasteiger partial charge in [-0.3, -0.25) is 0 Å². The summed E-state index contributed by atoms with van der Waals surface area (Å²) in [6.45, 7) is 3.07. The minimum Gasteiger partial charge on any atom is -0.310 e. The van der Waals surface area contributed by atoms with Crippen molar-refractivity contribution in [1.29, 1.82) is 0 Å². The molecule has 0 aliphatic carbocycles. The Labute approximate surface area is 71.6 Å². The quantitative estimate of drug-likeness (QED) is 0.620. The Morgan fingerprint density at radius 3 is 3.17 bits per heavy atom. The van der Waals surface area contributed by atoms with E-state index < -0.39 is 0 Å². The lowest BCUT2D eigenvalue weighted by Gasteiger charge is -2.23. The second kappa shape index (κ2) is 2.87. The first-order valence-corrected chi connectivity index (χ1v) is 4.29. The standard InChI is InChI=1S/C10H12FN/c1-7-10-6-9(11)3-2-8(10)4-5-12-7/h2-3,6-7,12H,4-5H2,1H3/t7-/m1/s1. The van der Waals surface area contributed by atoms with Gasteiger partial charge in [-0.2, -0.15) is 0 Å². The summed E-state index contributed by atoms with van der Waals surface area (Å²) >= 11 is 0. The summed E-state index contributed by atoms with van der Waals surface area (Å²) in [4.78, 5) is 0. The topological polar surface area (TPSA) is 12.0 Å². The highest BCUT2D eigenvalue weighted by molar-refractivity contribution is 5.32. The van der Waals surface area contributed by atoms with Crippen LogP contribution in [0.4, 0.5) is 4.39 Å². The maximum Gasteiger partial charge on any atom is 0.123 e. The first-order valence-electron chi connectivity index (χ1n) is 4.29. The van der Waals surface area contributed by atoms with Crippen LogP contribution in [0.25, 0.3) is 0 Å². The molecule has 1 aliphatic heterocycles. The predicted molar refractivity (Wildman–Crippen MR) is 46.5 cm³/mol. The van der Waals surface area contributed by atoms with Gasteiger partial charge >= 0.3 is 0 Å². The summed E-state index contributed by atoms with van der Waals surface area (Å²) in [6, 6.07) is 5.36. The smallest absolute Gasteiger partial charge is 0.123 e. The molecule has 1 heterocycles. The zero-order valence-corrected chi connectivity index (χ0v) is 7.10. The Bertz CT molecular complexity index is 296. The Kier molecular flexibility index (Phi) is 1.85. The number of halogens is 1. The Morgan fingerprint density at radius 2 is 2.33 bits per heavy atom. The van der Waals surface area contributed by atoms with E-state index in [4.69, 9.17) is 0 Å². The molecule has 0 radical (unpaired) electrons. The third-order valence-electron chi connectivity index (χ3n) is 2.42. The Hall–Kier alpha value is -0.890. The van der Waals surface area contributed by atoms with Crippen molar-refractivity contribution in [3.05, 3.63) is 35.1 Å². The molecule has 1 N–H and O–H groups in total. The normalized spacial score (nSPS) is 22.0. The Morgan fingerprint density at radius 1 is 1.50 bits per heavy atom. The van der Waals surface area contributed by atoms with Gasteiger partial charge in [0.25, 0.3) is 0 Å². The monoisotopic (exact) mass is 165 g/mol. The minimum atomic E-state index is -0.135. The zero-order valence-electron chi connectivity index (χ0n) is 7.10. The molecule has 1 aromatic carbocycles. The molecule has 0 saturated heterocycles. The summed E-state index contributed by atoms with van der Waals surface area (Å²) in [5.74, 6) is -0.135. The first kappa shape index (κ1) is 7.74. The molecule has 1 nitrogen and oxygen atoms in total. The average Bonchev–Trinajstić information content (AvgIpc) is 2.07. The van der Waals surface area contributed by atoms with Gasteiger partial charge in [0.2, 0.25) is 0 Å². The molecule has 0 amide bonds. The fourth-order valence-corrected chi connectivity index (χ4v) is 1.73. The highest BCUT2D eigenvalue weighted by Crippen LogP contribution is 2.22. The van der Waals surface area contributed by atoms with E-state index in [-0.39, 0.29) is 5.82 Å². The van der Waals surface area contributed by atoms with Crippen molar-refractivity contribution in [2.45, 2.75) is 19.4 Å². The largest absolute Gasteiger partial charge is 0.310 e. The van der Waals surface area contributed by atoms with E-state index in [0.717, 1.165) is 18.5 Å². The van der Waals surface area contributed by atoms with Gasteiger partial charge in [0.1, 0.15) is 5.82 Å². The van der Waals surface area contributed by atoms with E-state index in [1.807, 2.05) is 6.07 Å². The number of nitrogens with one attached hydrogen (secondary N) is 1. The average molecular weight is 165 g/mol. The van der Waals surface area contributed by atoms with Gasteiger partial charge in [-0.05, 0) is 43.1 Å². The van der Waals surface area contributed by atoms with E-state index in [2.05, 4.69) is 12.2 Å². The molecule has 0 unspecified atom stereocenters. The van der Waals surface area contributed by atoms with Crippen molar-refractivity contribution in [3.8, 4) is 0 Å². The molecule has 2 rings (SSSR count). The van der Waals surface area contributed by atoms with Crippen LogP contribution in [0.2, 0.25) is 0 Å². The number of hydrogen-bond donors (Lipinski definition) is 1. The number of rotatable bonds is 0. The number of benzene rings is 1. The molecule has 1 aliphatic rings. The highest BCUT2D eigenvalue weighted by atomic mass is 19.1. The molecule has 12 heavy (non-hydrogen) atoms. The second-order valence-electron chi connectivity index (χ2n) is 3.27. The summed E-state index contributed by atoms with van der Waals surface area (Å²) < 4.78 is 12.8. The van der Waals surface area contributed by atoms with Gasteiger partial charge in [0, 0.05) is 6.04 Å². The van der Waals surface area contributed by atoms with Crippen molar-refractivity contribution in [2.75, 3.05) is 6.54 Å². The van der Waals surface area contributed by atoms with E-state index in [0.29, 0.717) is 6.04 Å². The lowest BCUT2D eigenvalue weighted by atomic mass is 9.95. The van der Waals surface area contributed by atoms with E-state index in [9.17, 15) is 4.39 Å². The van der Waals surface area contributed by atoms with Crippen molar-refractivity contribution in [1.82, 2.24) is 5.32 Å². The molecule has 0 spiro atoms. The molecule has 0 bridgehead atoms. The van der Waals surface area contributed by atoms with Crippen LogP contribution < -0.4 is 5.32 Å². The fraction of sp³-hybridized carbons (Fsp3) is 0.400. The second-order valence-corrected chi connectivity index (χ2v) is 3.27. The van der Waals surface area contributed by atoms with Gasteiger partial charge in [-0.1, -0.05) is 6.07 Å². The summed E-state index contributed by atoms with van der Waals surface area (Å²) in [6.07, 6.45) is 1.01. The van der Waals surface area contributed by atoms with E-state index in [1.165, 1.54) is 11.6 Å². The summed E-state index contributed by atoms with van der Waals surface area (Å²) in [7, 11) is 0. The van der Waals surface area contributed by atoms with Crippen LogP contribution in [0.1, 0.15) is 24.1 Å². The molecule has 1 atom stereocenters. The number of fused-ring (bicyclic) bond motifs is 1. The van der Waals surface area contributed by atoms with Crippen molar-refractivity contribution in [3.63, 3.8) is 0 Å². The van der Waals surface area contributed by atoms with Gasteiger partial charge in [0.15, 0.2) is 0 Å². The summed E-state index contributed by atoms with van der Waals surface area (Å²) in [5, 5.41) is 3.30. The van der Waals surface area contributed by atoms with Crippen LogP contribution >= 0.6 is 0 Å². The lowest BCUT2D eigenvalue weighted by molar-refractivity contribution is 0.532. The van der Waals surface area contributed by atoms with Crippen LogP contribution in [-0.4, -0.2) is 6.54 Å². The van der Waals surface area contributed by atoms with Crippen LogP contribution in [0.5, 0.6) is 0 Å². The van der Waals surface area contributed by atoms with Crippen LogP contribution in [0.15, 0.2) is 18.2 Å². The van der Waals surface area contributed by atoms with Gasteiger partial charge in [0.05, 0.1) is 0 Å². The molecule has 2 heteroatoms. The zero-order chi connectivity index (χ0) is 8.55. The van der Waals surface area contributed by atoms with Crippen molar-refractivity contribution in [2.24, 2.45) is 0 Å². The molecule has 0 aromatic heterocycles. The molecular weight excluding hydrogens is 153 g/mol. The van der Waals surface area contributed by atoms with Gasteiger partial charge in [-0.15, -0.1) is 0 Å². The fourth-order valence-electron chi connectivity index (χ4n) is 1.73. The lowest BCUT2D eigenvalue weighted by Crippen LogP contribution is -2.27. The maximum atomic E-state index is 12.8. The van der Waals surface area contributed by atoms with Gasteiger partial charge < -0.3 is 5.32 Å². The molecule has 1 aromatic rings. The maximum absolute atomic E-state index is 12.8. The predicted octanol–water partition coefficient (Wildman–Crippen LogP) is 2.03. The highest BCUT2D eigenvalue weighted by Gasteiger charge is 2.15. The van der Waals surface area contributed by atoms with Crippen LogP contribution in [-0.2, 0) is 6.42 Å². The van der Waals surface area contributed by atoms with E-state index in [1.54, 1.807) is 6.07 Å². The van der Waals surface area contributed by atoms with Crippen molar-refractivity contribution < 1.29 is 4.39 Å². The third-order valence-corrected chi connectivity index (χ3v) is 2.42. The molecule has 0 fully saturated rings.